The molecule has 0 aromatic carbocycles. The normalized spacial score (nSPS) is 17.2. The number of pyridine rings is 1. The first-order valence-electron chi connectivity index (χ1n) is 8.21. The second kappa shape index (κ2) is 7.27. The highest BCUT2D eigenvalue weighted by Crippen LogP contribution is 2.31. The maximum Gasteiger partial charge on any atom is 0.417 e. The van der Waals surface area contributed by atoms with Gasteiger partial charge in [0.15, 0.2) is 0 Å². The van der Waals surface area contributed by atoms with Gasteiger partial charge >= 0.3 is 6.18 Å². The number of aromatic nitrogens is 1. The van der Waals surface area contributed by atoms with E-state index in [4.69, 9.17) is 4.74 Å². The first kappa shape index (κ1) is 19.0. The molecule has 0 radical (unpaired) electrons. The van der Waals surface area contributed by atoms with Gasteiger partial charge in [-0.3, -0.25) is 9.69 Å². The van der Waals surface area contributed by atoms with E-state index in [-0.39, 0.29) is 17.7 Å². The SMILES string of the molecule is CC(C)(C)c1cc(C(F)(F)F)cn(CCCN2CCOCC2)c1=O. The summed E-state index contributed by atoms with van der Waals surface area (Å²) in [7, 11) is 0. The fourth-order valence-electron chi connectivity index (χ4n) is 2.78. The summed E-state index contributed by atoms with van der Waals surface area (Å²) >= 11 is 0. The third-order valence-electron chi connectivity index (χ3n) is 4.20. The minimum Gasteiger partial charge on any atom is -0.379 e. The van der Waals surface area contributed by atoms with Crippen molar-refractivity contribution in [1.82, 2.24) is 9.47 Å². The van der Waals surface area contributed by atoms with Crippen molar-refractivity contribution in [3.05, 3.63) is 33.7 Å². The molecule has 0 aliphatic carbocycles. The van der Waals surface area contributed by atoms with Crippen LogP contribution in [0, 0.1) is 0 Å². The predicted molar refractivity (Wildman–Crippen MR) is 86.3 cm³/mol. The van der Waals surface area contributed by atoms with E-state index in [2.05, 4.69) is 4.90 Å². The first-order valence-corrected chi connectivity index (χ1v) is 8.21. The molecule has 0 atom stereocenters. The van der Waals surface area contributed by atoms with Crippen molar-refractivity contribution >= 4 is 0 Å². The molecule has 1 fully saturated rings. The molecule has 4 nitrogen and oxygen atoms in total. The third-order valence-corrected chi connectivity index (χ3v) is 4.20. The van der Waals surface area contributed by atoms with Crippen LogP contribution in [-0.4, -0.2) is 42.3 Å². The van der Waals surface area contributed by atoms with E-state index in [1.165, 1.54) is 4.57 Å². The Bertz CT molecular complexity index is 612. The second-order valence-electron chi connectivity index (χ2n) is 7.20. The van der Waals surface area contributed by atoms with Gasteiger partial charge in [0.05, 0.1) is 18.8 Å². The number of aryl methyl sites for hydroxylation is 1. The van der Waals surface area contributed by atoms with Gasteiger partial charge in [-0.2, -0.15) is 13.2 Å². The molecule has 1 aliphatic heterocycles. The van der Waals surface area contributed by atoms with Crippen molar-refractivity contribution in [2.75, 3.05) is 32.8 Å². The van der Waals surface area contributed by atoms with Gasteiger partial charge in [-0.15, -0.1) is 0 Å². The fourth-order valence-corrected chi connectivity index (χ4v) is 2.78. The van der Waals surface area contributed by atoms with Gasteiger partial charge < -0.3 is 9.30 Å². The highest BCUT2D eigenvalue weighted by Gasteiger charge is 2.33. The number of halogens is 3. The number of hydrogen-bond donors (Lipinski definition) is 0. The largest absolute Gasteiger partial charge is 0.417 e. The van der Waals surface area contributed by atoms with Crippen molar-refractivity contribution in [1.29, 1.82) is 0 Å². The maximum atomic E-state index is 13.1. The molecule has 2 rings (SSSR count). The van der Waals surface area contributed by atoms with Gasteiger partial charge in [-0.05, 0) is 17.9 Å². The molecule has 1 aromatic heterocycles. The number of ether oxygens (including phenoxy) is 1. The van der Waals surface area contributed by atoms with Gasteiger partial charge in [0.2, 0.25) is 0 Å². The Kier molecular flexibility index (Phi) is 5.75. The Labute approximate surface area is 140 Å². The second-order valence-corrected chi connectivity index (χ2v) is 7.20. The van der Waals surface area contributed by atoms with Crippen LogP contribution < -0.4 is 5.56 Å². The molecule has 24 heavy (non-hydrogen) atoms. The van der Waals surface area contributed by atoms with E-state index < -0.39 is 17.2 Å². The monoisotopic (exact) mass is 346 g/mol. The van der Waals surface area contributed by atoms with Gasteiger partial charge in [0.1, 0.15) is 0 Å². The lowest BCUT2D eigenvalue weighted by atomic mass is 9.87. The van der Waals surface area contributed by atoms with Crippen LogP contribution in [-0.2, 0) is 22.9 Å². The summed E-state index contributed by atoms with van der Waals surface area (Å²) in [6.45, 7) is 9.29. The van der Waals surface area contributed by atoms with Crippen molar-refractivity contribution in [3.8, 4) is 0 Å². The van der Waals surface area contributed by atoms with Crippen LogP contribution in [0.1, 0.15) is 38.3 Å². The number of alkyl halides is 3. The molecule has 136 valence electrons. The van der Waals surface area contributed by atoms with Crippen LogP contribution in [0.4, 0.5) is 13.2 Å². The summed E-state index contributed by atoms with van der Waals surface area (Å²) in [5, 5.41) is 0. The van der Waals surface area contributed by atoms with Crippen molar-refractivity contribution in [2.24, 2.45) is 0 Å². The molecule has 0 saturated carbocycles. The summed E-state index contributed by atoms with van der Waals surface area (Å²) in [6.07, 6.45) is -2.89. The van der Waals surface area contributed by atoms with E-state index in [9.17, 15) is 18.0 Å². The summed E-state index contributed by atoms with van der Waals surface area (Å²) < 4.78 is 45.9. The standard InChI is InChI=1S/C17H25F3N2O2/c1-16(2,3)14-11-13(17(18,19)20)12-22(15(14)23)6-4-5-21-7-9-24-10-8-21/h11-12H,4-10H2,1-3H3. The smallest absolute Gasteiger partial charge is 0.379 e. The fraction of sp³-hybridized carbons (Fsp3) is 0.706. The molecule has 2 heterocycles. The summed E-state index contributed by atoms with van der Waals surface area (Å²) in [6, 6.07) is 0.987. The van der Waals surface area contributed by atoms with E-state index in [1.54, 1.807) is 20.8 Å². The van der Waals surface area contributed by atoms with Crippen LogP contribution in [0.2, 0.25) is 0 Å². The third kappa shape index (κ3) is 4.83. The zero-order valence-electron chi connectivity index (χ0n) is 14.4. The highest BCUT2D eigenvalue weighted by atomic mass is 19.4. The van der Waals surface area contributed by atoms with Gasteiger partial charge in [0.25, 0.3) is 5.56 Å². The van der Waals surface area contributed by atoms with E-state index in [0.717, 1.165) is 31.9 Å². The Morgan fingerprint density at radius 2 is 1.75 bits per heavy atom. The Morgan fingerprint density at radius 3 is 2.29 bits per heavy atom. The number of rotatable bonds is 4. The molecule has 1 saturated heterocycles. The predicted octanol–water partition coefficient (Wildman–Crippen LogP) is 2.89. The van der Waals surface area contributed by atoms with Crippen molar-refractivity contribution < 1.29 is 17.9 Å². The molecule has 0 N–H and O–H groups in total. The van der Waals surface area contributed by atoms with Crippen molar-refractivity contribution in [3.63, 3.8) is 0 Å². The zero-order chi connectivity index (χ0) is 18.0. The van der Waals surface area contributed by atoms with Crippen LogP contribution >= 0.6 is 0 Å². The molecule has 0 amide bonds. The molecule has 0 unspecified atom stereocenters. The molecule has 0 spiro atoms. The van der Waals surface area contributed by atoms with Crippen LogP contribution in [0.25, 0.3) is 0 Å². The van der Waals surface area contributed by atoms with E-state index in [0.29, 0.717) is 19.6 Å². The molecular weight excluding hydrogens is 321 g/mol. The molecule has 0 bridgehead atoms. The Hall–Kier alpha value is -1.34. The van der Waals surface area contributed by atoms with Crippen molar-refractivity contribution in [2.45, 2.75) is 45.3 Å². The van der Waals surface area contributed by atoms with Crippen LogP contribution in [0.15, 0.2) is 17.1 Å². The quantitative estimate of drug-likeness (QED) is 0.841. The van der Waals surface area contributed by atoms with Gasteiger partial charge in [-0.25, -0.2) is 0 Å². The maximum absolute atomic E-state index is 13.1. The van der Waals surface area contributed by atoms with Crippen LogP contribution in [0.3, 0.4) is 0 Å². The highest BCUT2D eigenvalue weighted by molar-refractivity contribution is 5.27. The Morgan fingerprint density at radius 1 is 1.12 bits per heavy atom. The average molecular weight is 346 g/mol. The van der Waals surface area contributed by atoms with Gasteiger partial charge in [0, 0.05) is 37.9 Å². The minimum atomic E-state index is -4.46. The number of nitrogens with zero attached hydrogens (tertiary/aromatic N) is 2. The number of morpholine rings is 1. The Balaban J connectivity index is 2.19. The van der Waals surface area contributed by atoms with Crippen LogP contribution in [0.5, 0.6) is 0 Å². The summed E-state index contributed by atoms with van der Waals surface area (Å²) in [5.74, 6) is 0. The molecule has 1 aliphatic rings. The zero-order valence-corrected chi connectivity index (χ0v) is 14.4. The molecular formula is C17H25F3N2O2. The van der Waals surface area contributed by atoms with E-state index >= 15 is 0 Å². The topological polar surface area (TPSA) is 34.5 Å². The average Bonchev–Trinajstić information content (AvgIpc) is 2.47. The molecule has 7 heteroatoms. The lowest BCUT2D eigenvalue weighted by Gasteiger charge is -2.27. The van der Waals surface area contributed by atoms with E-state index in [1.807, 2.05) is 0 Å². The van der Waals surface area contributed by atoms with Gasteiger partial charge in [-0.1, -0.05) is 20.8 Å². The lowest BCUT2D eigenvalue weighted by Crippen LogP contribution is -2.38. The minimum absolute atomic E-state index is 0.198. The summed E-state index contributed by atoms with van der Waals surface area (Å²) in [4.78, 5) is 14.7. The number of hydrogen-bond acceptors (Lipinski definition) is 3. The lowest BCUT2D eigenvalue weighted by molar-refractivity contribution is -0.138. The summed E-state index contributed by atoms with van der Waals surface area (Å²) in [5.41, 5.74) is -1.54. The first-order chi connectivity index (χ1) is 11.1. The molecule has 1 aromatic rings.